The van der Waals surface area contributed by atoms with Gasteiger partial charge in [0.2, 0.25) is 0 Å². The lowest BCUT2D eigenvalue weighted by Crippen LogP contribution is -1.96. The summed E-state index contributed by atoms with van der Waals surface area (Å²) in [6.07, 6.45) is 1.97. The molecular weight excluding hydrogens is 170 g/mol. The maximum atomic E-state index is 4.51. The second kappa shape index (κ2) is 3.41. The monoisotopic (exact) mass is 185 g/mol. The highest BCUT2D eigenvalue weighted by Crippen LogP contribution is 2.24. The van der Waals surface area contributed by atoms with Crippen molar-refractivity contribution in [2.75, 3.05) is 0 Å². The summed E-state index contributed by atoms with van der Waals surface area (Å²) in [7, 11) is 0. The standard InChI is InChI=1S/C13H15N/c1-9(2)13-10(3)12-7-5-4-6-11(12)8-14-13/h4-9H,1-3H3. The number of hydrogen-bond donors (Lipinski definition) is 0. The Bertz CT molecular complexity index is 458. The minimum absolute atomic E-state index is 0.500. The van der Waals surface area contributed by atoms with Crippen LogP contribution in [-0.2, 0) is 0 Å². The molecule has 14 heavy (non-hydrogen) atoms. The van der Waals surface area contributed by atoms with Crippen LogP contribution in [0.4, 0.5) is 0 Å². The highest BCUT2D eigenvalue weighted by Gasteiger charge is 2.07. The Morgan fingerprint density at radius 2 is 1.86 bits per heavy atom. The molecule has 0 amide bonds. The highest BCUT2D eigenvalue weighted by molar-refractivity contribution is 5.85. The number of aromatic nitrogens is 1. The van der Waals surface area contributed by atoms with Crippen molar-refractivity contribution >= 4 is 10.8 Å². The van der Waals surface area contributed by atoms with Gasteiger partial charge in [-0.05, 0) is 23.8 Å². The van der Waals surface area contributed by atoms with Gasteiger partial charge in [0.25, 0.3) is 0 Å². The SMILES string of the molecule is Cc1c(C(C)C)ncc2ccccc12. The van der Waals surface area contributed by atoms with Crippen molar-refractivity contribution < 1.29 is 0 Å². The third-order valence-corrected chi connectivity index (χ3v) is 2.64. The smallest absolute Gasteiger partial charge is 0.0464 e. The molecule has 2 rings (SSSR count). The van der Waals surface area contributed by atoms with Gasteiger partial charge in [-0.3, -0.25) is 4.98 Å². The molecule has 0 fully saturated rings. The van der Waals surface area contributed by atoms with Crippen LogP contribution in [0, 0.1) is 6.92 Å². The lowest BCUT2D eigenvalue weighted by Gasteiger charge is -2.10. The zero-order valence-corrected chi connectivity index (χ0v) is 8.91. The molecule has 1 heteroatoms. The molecule has 1 nitrogen and oxygen atoms in total. The fraction of sp³-hybridized carbons (Fsp3) is 0.308. The van der Waals surface area contributed by atoms with Crippen LogP contribution in [0.5, 0.6) is 0 Å². The zero-order valence-electron chi connectivity index (χ0n) is 8.91. The molecule has 1 aromatic heterocycles. The molecule has 0 N–H and O–H groups in total. The molecule has 0 aliphatic carbocycles. The van der Waals surface area contributed by atoms with E-state index in [0.29, 0.717) is 5.92 Å². The number of nitrogens with zero attached hydrogens (tertiary/aromatic N) is 1. The number of pyridine rings is 1. The number of fused-ring (bicyclic) bond motifs is 1. The molecule has 0 unspecified atom stereocenters. The Labute approximate surface area is 84.8 Å². The largest absolute Gasteiger partial charge is 0.260 e. The number of hydrogen-bond acceptors (Lipinski definition) is 1. The average molecular weight is 185 g/mol. The Balaban J connectivity index is 2.75. The minimum Gasteiger partial charge on any atom is -0.260 e. The van der Waals surface area contributed by atoms with Crippen LogP contribution < -0.4 is 0 Å². The average Bonchev–Trinajstić information content (AvgIpc) is 2.18. The van der Waals surface area contributed by atoms with Gasteiger partial charge in [-0.2, -0.15) is 0 Å². The van der Waals surface area contributed by atoms with Gasteiger partial charge >= 0.3 is 0 Å². The van der Waals surface area contributed by atoms with Gasteiger partial charge in [-0.15, -0.1) is 0 Å². The summed E-state index contributed by atoms with van der Waals surface area (Å²) in [6, 6.07) is 8.41. The van der Waals surface area contributed by atoms with Crippen molar-refractivity contribution in [3.8, 4) is 0 Å². The van der Waals surface area contributed by atoms with Crippen LogP contribution in [0.15, 0.2) is 30.5 Å². The van der Waals surface area contributed by atoms with E-state index >= 15 is 0 Å². The molecule has 0 aliphatic rings. The highest BCUT2D eigenvalue weighted by atomic mass is 14.7. The van der Waals surface area contributed by atoms with Crippen LogP contribution in [0.1, 0.15) is 31.0 Å². The molecule has 0 saturated carbocycles. The van der Waals surface area contributed by atoms with Gasteiger partial charge in [-0.1, -0.05) is 38.1 Å². The quantitative estimate of drug-likeness (QED) is 0.660. The van der Waals surface area contributed by atoms with Crippen LogP contribution in [-0.4, -0.2) is 4.98 Å². The lowest BCUT2D eigenvalue weighted by atomic mass is 10.00. The predicted molar refractivity (Wildman–Crippen MR) is 60.6 cm³/mol. The summed E-state index contributed by atoms with van der Waals surface area (Å²) in [5.74, 6) is 0.500. The summed E-state index contributed by atoms with van der Waals surface area (Å²) >= 11 is 0. The second-order valence-electron chi connectivity index (χ2n) is 4.01. The van der Waals surface area contributed by atoms with Gasteiger partial charge < -0.3 is 0 Å². The summed E-state index contributed by atoms with van der Waals surface area (Å²) < 4.78 is 0. The van der Waals surface area contributed by atoms with E-state index in [4.69, 9.17) is 0 Å². The van der Waals surface area contributed by atoms with E-state index in [1.807, 2.05) is 6.20 Å². The van der Waals surface area contributed by atoms with E-state index in [1.54, 1.807) is 0 Å². The fourth-order valence-electron chi connectivity index (χ4n) is 1.91. The molecule has 72 valence electrons. The summed E-state index contributed by atoms with van der Waals surface area (Å²) in [5, 5.41) is 2.56. The normalized spacial score (nSPS) is 11.1. The first-order chi connectivity index (χ1) is 6.70. The second-order valence-corrected chi connectivity index (χ2v) is 4.01. The first-order valence-electron chi connectivity index (χ1n) is 5.04. The first-order valence-corrected chi connectivity index (χ1v) is 5.04. The van der Waals surface area contributed by atoms with E-state index in [1.165, 1.54) is 22.0 Å². The summed E-state index contributed by atoms with van der Waals surface area (Å²) in [4.78, 5) is 4.51. The van der Waals surface area contributed by atoms with Crippen LogP contribution in [0.25, 0.3) is 10.8 Å². The molecule has 0 atom stereocenters. The molecule has 2 aromatic rings. The number of rotatable bonds is 1. The Kier molecular flexibility index (Phi) is 2.24. The van der Waals surface area contributed by atoms with Gasteiger partial charge in [0.15, 0.2) is 0 Å². The van der Waals surface area contributed by atoms with Gasteiger partial charge in [-0.25, -0.2) is 0 Å². The number of benzene rings is 1. The topological polar surface area (TPSA) is 12.9 Å². The fourth-order valence-corrected chi connectivity index (χ4v) is 1.91. The molecule has 0 aliphatic heterocycles. The predicted octanol–water partition coefficient (Wildman–Crippen LogP) is 3.67. The Morgan fingerprint density at radius 1 is 1.14 bits per heavy atom. The minimum atomic E-state index is 0.500. The Morgan fingerprint density at radius 3 is 2.57 bits per heavy atom. The third-order valence-electron chi connectivity index (χ3n) is 2.64. The molecule has 1 heterocycles. The molecule has 0 radical (unpaired) electrons. The summed E-state index contributed by atoms with van der Waals surface area (Å²) in [6.45, 7) is 6.53. The van der Waals surface area contributed by atoms with Crippen LogP contribution >= 0.6 is 0 Å². The van der Waals surface area contributed by atoms with E-state index < -0.39 is 0 Å². The summed E-state index contributed by atoms with van der Waals surface area (Å²) in [5.41, 5.74) is 2.53. The number of aryl methyl sites for hydroxylation is 1. The van der Waals surface area contributed by atoms with Crippen molar-refractivity contribution in [2.45, 2.75) is 26.7 Å². The van der Waals surface area contributed by atoms with Crippen molar-refractivity contribution in [2.24, 2.45) is 0 Å². The van der Waals surface area contributed by atoms with Crippen molar-refractivity contribution in [1.82, 2.24) is 4.98 Å². The Hall–Kier alpha value is -1.37. The van der Waals surface area contributed by atoms with E-state index in [-0.39, 0.29) is 0 Å². The zero-order chi connectivity index (χ0) is 10.1. The van der Waals surface area contributed by atoms with Crippen molar-refractivity contribution in [1.29, 1.82) is 0 Å². The van der Waals surface area contributed by atoms with E-state index in [2.05, 4.69) is 50.0 Å². The molecule has 0 bridgehead atoms. The van der Waals surface area contributed by atoms with E-state index in [0.717, 1.165) is 0 Å². The molecule has 1 aromatic carbocycles. The first kappa shape index (κ1) is 9.20. The third kappa shape index (κ3) is 1.39. The van der Waals surface area contributed by atoms with E-state index in [9.17, 15) is 0 Å². The van der Waals surface area contributed by atoms with Gasteiger partial charge in [0.1, 0.15) is 0 Å². The van der Waals surface area contributed by atoms with Crippen molar-refractivity contribution in [3.05, 3.63) is 41.7 Å². The maximum Gasteiger partial charge on any atom is 0.0464 e. The van der Waals surface area contributed by atoms with Gasteiger partial charge in [0.05, 0.1) is 0 Å². The molecule has 0 saturated heterocycles. The molecular formula is C13H15N. The molecule has 0 spiro atoms. The maximum absolute atomic E-state index is 4.51. The van der Waals surface area contributed by atoms with Crippen molar-refractivity contribution in [3.63, 3.8) is 0 Å². The van der Waals surface area contributed by atoms with Gasteiger partial charge in [0, 0.05) is 17.3 Å². The van der Waals surface area contributed by atoms with Crippen LogP contribution in [0.3, 0.4) is 0 Å². The lowest BCUT2D eigenvalue weighted by molar-refractivity contribution is 0.816. The van der Waals surface area contributed by atoms with Crippen LogP contribution in [0.2, 0.25) is 0 Å².